The third kappa shape index (κ3) is 2.09. The van der Waals surface area contributed by atoms with E-state index in [0.717, 1.165) is 24.2 Å². The van der Waals surface area contributed by atoms with Gasteiger partial charge in [-0.1, -0.05) is 24.1 Å². The fourth-order valence-electron chi connectivity index (χ4n) is 2.97. The lowest BCUT2D eigenvalue weighted by Gasteiger charge is -2.30. The Labute approximate surface area is 134 Å². The van der Waals surface area contributed by atoms with Crippen molar-refractivity contribution in [2.24, 2.45) is 4.99 Å². The average Bonchev–Trinajstić information content (AvgIpc) is 3.00. The summed E-state index contributed by atoms with van der Waals surface area (Å²) in [6.45, 7) is 0.932. The van der Waals surface area contributed by atoms with Gasteiger partial charge < -0.3 is 4.90 Å². The summed E-state index contributed by atoms with van der Waals surface area (Å²) in [6.07, 6.45) is 12.7. The number of aliphatic imine (C=N–C) groups is 1. The van der Waals surface area contributed by atoms with Crippen LogP contribution in [0.2, 0.25) is 0 Å². The highest BCUT2D eigenvalue weighted by atomic mass is 32.1. The Kier molecular flexibility index (Phi) is 3.17. The highest BCUT2D eigenvalue weighted by Crippen LogP contribution is 2.32. The number of nitrogens with zero attached hydrogens (tertiary/aromatic N) is 2. The Balaban J connectivity index is 1.88. The predicted molar refractivity (Wildman–Crippen MR) is 92.8 cm³/mol. The zero-order valence-corrected chi connectivity index (χ0v) is 12.8. The molecule has 3 heteroatoms. The third-order valence-corrected chi connectivity index (χ3v) is 4.92. The summed E-state index contributed by atoms with van der Waals surface area (Å²) in [5.74, 6) is 2.81. The van der Waals surface area contributed by atoms with Crippen LogP contribution < -0.4 is 0 Å². The van der Waals surface area contributed by atoms with E-state index in [1.165, 1.54) is 21.7 Å². The van der Waals surface area contributed by atoms with Gasteiger partial charge in [-0.05, 0) is 35.6 Å². The van der Waals surface area contributed by atoms with E-state index in [4.69, 9.17) is 6.42 Å². The quantitative estimate of drug-likeness (QED) is 0.729. The minimum absolute atomic E-state index is 0.932. The Hall–Kier alpha value is -2.57. The van der Waals surface area contributed by atoms with E-state index in [9.17, 15) is 0 Å². The van der Waals surface area contributed by atoms with Gasteiger partial charge in [0.2, 0.25) is 0 Å². The molecule has 0 atom stereocenters. The van der Waals surface area contributed by atoms with Crippen molar-refractivity contribution in [1.82, 2.24) is 4.90 Å². The molecule has 0 bridgehead atoms. The summed E-state index contributed by atoms with van der Waals surface area (Å²) in [5, 5.41) is 2.08. The molecule has 0 spiro atoms. The molecule has 2 aliphatic rings. The molecule has 0 fully saturated rings. The molecule has 0 amide bonds. The molecule has 0 unspecified atom stereocenters. The van der Waals surface area contributed by atoms with Crippen LogP contribution in [0.15, 0.2) is 59.2 Å². The molecule has 0 N–H and O–H groups in total. The smallest absolute Gasteiger partial charge is 0.0823 e. The molecule has 2 nitrogen and oxygen atoms in total. The van der Waals surface area contributed by atoms with E-state index in [2.05, 4.69) is 51.7 Å². The first-order valence-electron chi connectivity index (χ1n) is 7.22. The number of terminal acetylenes is 1. The van der Waals surface area contributed by atoms with Crippen LogP contribution in [0.25, 0.3) is 5.70 Å². The minimum atomic E-state index is 0.932. The van der Waals surface area contributed by atoms with E-state index in [1.807, 2.05) is 18.3 Å². The topological polar surface area (TPSA) is 15.6 Å². The summed E-state index contributed by atoms with van der Waals surface area (Å²) in [7, 11) is 0. The van der Waals surface area contributed by atoms with Gasteiger partial charge in [-0.2, -0.15) is 0 Å². The SMILES string of the molecule is C#Cc1cccc2c1CCN1C=CN=C(c3cccs3)C=C21. The molecule has 3 heterocycles. The molecule has 2 aromatic rings. The van der Waals surface area contributed by atoms with Crippen molar-refractivity contribution in [2.45, 2.75) is 6.42 Å². The van der Waals surface area contributed by atoms with E-state index in [1.54, 1.807) is 11.3 Å². The van der Waals surface area contributed by atoms with Gasteiger partial charge in [-0.3, -0.25) is 4.99 Å². The van der Waals surface area contributed by atoms with Crippen LogP contribution in [0.3, 0.4) is 0 Å². The van der Waals surface area contributed by atoms with Crippen molar-refractivity contribution in [2.75, 3.05) is 6.54 Å². The fraction of sp³-hybridized carbons (Fsp3) is 0.105. The van der Waals surface area contributed by atoms with Crippen LogP contribution in [0.1, 0.15) is 21.6 Å². The number of thiophene rings is 1. The lowest BCUT2D eigenvalue weighted by atomic mass is 9.92. The Bertz CT molecular complexity index is 848. The molecule has 1 aromatic heterocycles. The number of hydrogen-bond donors (Lipinski definition) is 0. The molecule has 22 heavy (non-hydrogen) atoms. The number of benzene rings is 1. The second kappa shape index (κ2) is 5.32. The van der Waals surface area contributed by atoms with Crippen molar-refractivity contribution >= 4 is 22.7 Å². The van der Waals surface area contributed by atoms with Crippen LogP contribution in [-0.2, 0) is 6.42 Å². The summed E-state index contributed by atoms with van der Waals surface area (Å²) < 4.78 is 0. The van der Waals surface area contributed by atoms with E-state index in [-0.39, 0.29) is 0 Å². The number of rotatable bonds is 1. The standard InChI is InChI=1S/C19H14N2S/c1-2-14-5-3-6-16-15(14)8-10-21-11-9-20-17(13-18(16)21)19-7-4-12-22-19/h1,3-7,9,11-13H,8,10H2. The Morgan fingerprint density at radius 2 is 2.18 bits per heavy atom. The van der Waals surface area contributed by atoms with Crippen LogP contribution >= 0.6 is 11.3 Å². The maximum absolute atomic E-state index is 5.66. The number of fused-ring (bicyclic) bond motifs is 3. The molecule has 0 saturated carbocycles. The molecule has 4 rings (SSSR count). The highest BCUT2D eigenvalue weighted by molar-refractivity contribution is 7.12. The van der Waals surface area contributed by atoms with Crippen molar-refractivity contribution in [1.29, 1.82) is 0 Å². The van der Waals surface area contributed by atoms with Gasteiger partial charge in [0, 0.05) is 30.1 Å². The molecule has 106 valence electrons. The van der Waals surface area contributed by atoms with Gasteiger partial charge in [0.05, 0.1) is 16.3 Å². The second-order valence-electron chi connectivity index (χ2n) is 5.24. The van der Waals surface area contributed by atoms with E-state index >= 15 is 0 Å². The summed E-state index contributed by atoms with van der Waals surface area (Å²) in [6, 6.07) is 10.4. The van der Waals surface area contributed by atoms with E-state index in [0.29, 0.717) is 0 Å². The summed E-state index contributed by atoms with van der Waals surface area (Å²) in [4.78, 5) is 8.03. The van der Waals surface area contributed by atoms with Crippen molar-refractivity contribution < 1.29 is 0 Å². The highest BCUT2D eigenvalue weighted by Gasteiger charge is 2.23. The van der Waals surface area contributed by atoms with Crippen LogP contribution in [0.5, 0.6) is 0 Å². The molecule has 0 saturated heterocycles. The van der Waals surface area contributed by atoms with Crippen molar-refractivity contribution in [3.8, 4) is 12.3 Å². The van der Waals surface area contributed by atoms with Crippen molar-refractivity contribution in [3.63, 3.8) is 0 Å². The van der Waals surface area contributed by atoms with Gasteiger partial charge >= 0.3 is 0 Å². The van der Waals surface area contributed by atoms with Crippen LogP contribution in [-0.4, -0.2) is 17.2 Å². The lowest BCUT2D eigenvalue weighted by Crippen LogP contribution is -2.25. The largest absolute Gasteiger partial charge is 0.346 e. The maximum Gasteiger partial charge on any atom is 0.0823 e. The Morgan fingerprint density at radius 1 is 1.23 bits per heavy atom. The molecule has 0 radical (unpaired) electrons. The van der Waals surface area contributed by atoms with Crippen molar-refractivity contribution in [3.05, 3.63) is 75.8 Å². The molecule has 0 aliphatic carbocycles. The first kappa shape index (κ1) is 13.1. The average molecular weight is 302 g/mol. The van der Waals surface area contributed by atoms with Crippen LogP contribution in [0.4, 0.5) is 0 Å². The number of allylic oxidation sites excluding steroid dienone is 1. The fourth-order valence-corrected chi connectivity index (χ4v) is 3.67. The zero-order chi connectivity index (χ0) is 14.9. The molecule has 1 aromatic carbocycles. The van der Waals surface area contributed by atoms with E-state index < -0.39 is 0 Å². The second-order valence-corrected chi connectivity index (χ2v) is 6.19. The van der Waals surface area contributed by atoms with Gasteiger partial charge in [-0.15, -0.1) is 17.8 Å². The summed E-state index contributed by atoms with van der Waals surface area (Å²) >= 11 is 1.71. The molecule has 2 aliphatic heterocycles. The third-order valence-electron chi connectivity index (χ3n) is 4.03. The predicted octanol–water partition coefficient (Wildman–Crippen LogP) is 3.90. The molecular weight excluding hydrogens is 288 g/mol. The first-order valence-corrected chi connectivity index (χ1v) is 8.10. The monoisotopic (exact) mass is 302 g/mol. The van der Waals surface area contributed by atoms with Gasteiger partial charge in [-0.25, -0.2) is 0 Å². The normalized spacial score (nSPS) is 16.0. The molecular formula is C19H14N2S. The number of hydrogen-bond acceptors (Lipinski definition) is 3. The summed E-state index contributed by atoms with van der Waals surface area (Å²) in [5.41, 5.74) is 5.67. The van der Waals surface area contributed by atoms with Gasteiger partial charge in [0.15, 0.2) is 0 Å². The van der Waals surface area contributed by atoms with Gasteiger partial charge in [0.25, 0.3) is 0 Å². The maximum atomic E-state index is 5.66. The zero-order valence-electron chi connectivity index (χ0n) is 12.0. The van der Waals surface area contributed by atoms with Crippen LogP contribution in [0, 0.1) is 12.3 Å². The Morgan fingerprint density at radius 3 is 3.00 bits per heavy atom. The minimum Gasteiger partial charge on any atom is -0.346 e. The first-order chi connectivity index (χ1) is 10.9. The van der Waals surface area contributed by atoms with Gasteiger partial charge in [0.1, 0.15) is 0 Å². The lowest BCUT2D eigenvalue weighted by molar-refractivity contribution is 0.515.